The van der Waals surface area contributed by atoms with Crippen molar-refractivity contribution >= 4 is 23.4 Å². The molecule has 0 aromatic heterocycles. The smallest absolute Gasteiger partial charge is 0.261 e. The van der Waals surface area contributed by atoms with Gasteiger partial charge in [0.1, 0.15) is 11.8 Å². The second-order valence-electron chi connectivity index (χ2n) is 8.02. The molecule has 2 aromatic rings. The Balaban J connectivity index is 1.72. The van der Waals surface area contributed by atoms with Crippen molar-refractivity contribution in [3.8, 4) is 5.75 Å². The number of carbonyl (C=O) groups excluding carboxylic acids is 2. The molecule has 1 unspecified atom stereocenters. The van der Waals surface area contributed by atoms with Gasteiger partial charge in [-0.1, -0.05) is 68.1 Å². The molecule has 0 saturated heterocycles. The molecule has 1 aliphatic carbocycles. The van der Waals surface area contributed by atoms with E-state index in [1.807, 2.05) is 37.3 Å². The fraction of sp³-hybridized carbons (Fsp3) is 0.440. The summed E-state index contributed by atoms with van der Waals surface area (Å²) in [5, 5.41) is 3.79. The number of carbonyl (C=O) groups is 2. The van der Waals surface area contributed by atoms with E-state index in [-0.39, 0.29) is 24.5 Å². The summed E-state index contributed by atoms with van der Waals surface area (Å²) in [5.74, 6) is 0.270. The van der Waals surface area contributed by atoms with Crippen LogP contribution in [0.5, 0.6) is 5.75 Å². The summed E-state index contributed by atoms with van der Waals surface area (Å²) in [6.07, 6.45) is 6.07. The number of halogens is 1. The number of hydrogen-bond donors (Lipinski definition) is 1. The van der Waals surface area contributed by atoms with Gasteiger partial charge >= 0.3 is 0 Å². The molecular weight excluding hydrogens is 412 g/mol. The lowest BCUT2D eigenvalue weighted by Crippen LogP contribution is -2.52. The highest BCUT2D eigenvalue weighted by atomic mass is 35.5. The van der Waals surface area contributed by atoms with Gasteiger partial charge in [0.05, 0.1) is 0 Å². The summed E-state index contributed by atoms with van der Waals surface area (Å²) in [5.41, 5.74) is 0.978. The summed E-state index contributed by atoms with van der Waals surface area (Å²) in [6.45, 7) is 2.17. The maximum atomic E-state index is 13.2. The minimum atomic E-state index is -0.538. The van der Waals surface area contributed by atoms with Gasteiger partial charge in [-0.2, -0.15) is 0 Å². The largest absolute Gasteiger partial charge is 0.484 e. The molecule has 2 amide bonds. The van der Waals surface area contributed by atoms with Crippen molar-refractivity contribution in [3.05, 3.63) is 65.2 Å². The maximum Gasteiger partial charge on any atom is 0.261 e. The third-order valence-corrected chi connectivity index (χ3v) is 5.96. The summed E-state index contributed by atoms with van der Waals surface area (Å²) >= 11 is 5.92. The predicted octanol–water partition coefficient (Wildman–Crippen LogP) is 4.98. The van der Waals surface area contributed by atoms with E-state index >= 15 is 0 Å². The Bertz CT molecular complexity index is 836. The van der Waals surface area contributed by atoms with Crippen molar-refractivity contribution in [2.24, 2.45) is 0 Å². The average Bonchev–Trinajstić information content (AvgIpc) is 2.79. The zero-order valence-electron chi connectivity index (χ0n) is 18.1. The standard InChI is InChI=1S/C25H31ClN2O3/c1-2-23(25(30)27-21-11-7-4-8-12-21)28(17-19-9-5-3-6-10-19)24(29)18-31-22-15-13-20(26)14-16-22/h3,5-6,9-10,13-16,21,23H,2,4,7-8,11-12,17-18H2,1H3,(H,27,30). The highest BCUT2D eigenvalue weighted by molar-refractivity contribution is 6.30. The van der Waals surface area contributed by atoms with Gasteiger partial charge in [0.15, 0.2) is 6.61 Å². The highest BCUT2D eigenvalue weighted by Crippen LogP contribution is 2.20. The molecule has 0 aliphatic heterocycles. The lowest BCUT2D eigenvalue weighted by Gasteiger charge is -2.32. The molecule has 1 saturated carbocycles. The van der Waals surface area contributed by atoms with E-state index in [0.717, 1.165) is 31.2 Å². The molecule has 0 radical (unpaired) electrons. The molecule has 0 heterocycles. The van der Waals surface area contributed by atoms with Crippen LogP contribution in [-0.2, 0) is 16.1 Å². The first-order valence-corrected chi connectivity index (χ1v) is 11.5. The van der Waals surface area contributed by atoms with E-state index in [2.05, 4.69) is 5.32 Å². The maximum absolute atomic E-state index is 13.2. The first kappa shape index (κ1) is 23.1. The molecule has 1 N–H and O–H groups in total. The van der Waals surface area contributed by atoms with Crippen LogP contribution in [0.15, 0.2) is 54.6 Å². The van der Waals surface area contributed by atoms with Crippen molar-refractivity contribution < 1.29 is 14.3 Å². The molecule has 5 nitrogen and oxygen atoms in total. The van der Waals surface area contributed by atoms with Crippen LogP contribution < -0.4 is 10.1 Å². The minimum absolute atomic E-state index is 0.0785. The number of nitrogens with one attached hydrogen (secondary N) is 1. The number of nitrogens with zero attached hydrogens (tertiary/aromatic N) is 1. The monoisotopic (exact) mass is 442 g/mol. The number of benzene rings is 2. The molecule has 1 aliphatic rings. The van der Waals surface area contributed by atoms with E-state index in [0.29, 0.717) is 23.7 Å². The molecule has 166 valence electrons. The van der Waals surface area contributed by atoms with Crippen LogP contribution in [0, 0.1) is 0 Å². The van der Waals surface area contributed by atoms with E-state index in [1.165, 1.54) is 6.42 Å². The van der Waals surface area contributed by atoms with Crippen LogP contribution in [0.25, 0.3) is 0 Å². The molecule has 3 rings (SSSR count). The van der Waals surface area contributed by atoms with Gasteiger partial charge in [-0.15, -0.1) is 0 Å². The Morgan fingerprint density at radius 1 is 1.06 bits per heavy atom. The molecule has 0 spiro atoms. The summed E-state index contributed by atoms with van der Waals surface area (Å²) in [4.78, 5) is 28.0. The molecule has 31 heavy (non-hydrogen) atoms. The quantitative estimate of drug-likeness (QED) is 0.596. The van der Waals surface area contributed by atoms with Crippen molar-refractivity contribution in [2.75, 3.05) is 6.61 Å². The Hall–Kier alpha value is -2.53. The third-order valence-electron chi connectivity index (χ3n) is 5.71. The van der Waals surface area contributed by atoms with Crippen molar-refractivity contribution in [1.82, 2.24) is 10.2 Å². The molecule has 0 bridgehead atoms. The molecule has 1 atom stereocenters. The van der Waals surface area contributed by atoms with Crippen LogP contribution in [0.3, 0.4) is 0 Å². The van der Waals surface area contributed by atoms with Crippen molar-refractivity contribution in [1.29, 1.82) is 0 Å². The lowest BCUT2D eigenvalue weighted by atomic mass is 9.95. The van der Waals surface area contributed by atoms with Crippen molar-refractivity contribution in [2.45, 2.75) is 64.1 Å². The molecular formula is C25H31ClN2O3. The lowest BCUT2D eigenvalue weighted by molar-refractivity contribution is -0.143. The molecule has 1 fully saturated rings. The second-order valence-corrected chi connectivity index (χ2v) is 8.45. The summed E-state index contributed by atoms with van der Waals surface area (Å²) in [7, 11) is 0. The zero-order chi connectivity index (χ0) is 22.1. The summed E-state index contributed by atoms with van der Waals surface area (Å²) < 4.78 is 5.68. The van der Waals surface area contributed by atoms with Gasteiger partial charge < -0.3 is 15.0 Å². The number of amides is 2. The Morgan fingerprint density at radius 3 is 2.39 bits per heavy atom. The van der Waals surface area contributed by atoms with E-state index in [4.69, 9.17) is 16.3 Å². The van der Waals surface area contributed by atoms with Crippen LogP contribution in [-0.4, -0.2) is 35.4 Å². The minimum Gasteiger partial charge on any atom is -0.484 e. The van der Waals surface area contributed by atoms with Crippen LogP contribution in [0.4, 0.5) is 0 Å². The van der Waals surface area contributed by atoms with Crippen LogP contribution >= 0.6 is 11.6 Å². The third kappa shape index (κ3) is 7.00. The molecule has 2 aromatic carbocycles. The normalized spacial score (nSPS) is 15.2. The SMILES string of the molecule is CCC(C(=O)NC1CCCCC1)N(Cc1ccccc1)C(=O)COc1ccc(Cl)cc1. The van der Waals surface area contributed by atoms with E-state index < -0.39 is 6.04 Å². The van der Waals surface area contributed by atoms with Gasteiger partial charge in [-0.05, 0) is 49.1 Å². The Morgan fingerprint density at radius 2 is 1.74 bits per heavy atom. The Labute approximate surface area is 189 Å². The van der Waals surface area contributed by atoms with Crippen LogP contribution in [0.2, 0.25) is 5.02 Å². The van der Waals surface area contributed by atoms with Crippen LogP contribution in [0.1, 0.15) is 51.0 Å². The van der Waals surface area contributed by atoms with Gasteiger partial charge in [-0.3, -0.25) is 9.59 Å². The first-order chi connectivity index (χ1) is 15.1. The Kier molecular flexibility index (Phi) is 8.77. The predicted molar refractivity (Wildman–Crippen MR) is 123 cm³/mol. The van der Waals surface area contributed by atoms with Crippen molar-refractivity contribution in [3.63, 3.8) is 0 Å². The fourth-order valence-corrected chi connectivity index (χ4v) is 4.13. The summed E-state index contributed by atoms with van der Waals surface area (Å²) in [6, 6.07) is 16.3. The molecule has 6 heteroatoms. The average molecular weight is 443 g/mol. The van der Waals surface area contributed by atoms with E-state index in [9.17, 15) is 9.59 Å². The van der Waals surface area contributed by atoms with E-state index in [1.54, 1.807) is 29.2 Å². The number of rotatable bonds is 9. The zero-order valence-corrected chi connectivity index (χ0v) is 18.8. The number of hydrogen-bond acceptors (Lipinski definition) is 3. The topological polar surface area (TPSA) is 58.6 Å². The van der Waals surface area contributed by atoms with Gasteiger partial charge in [0.2, 0.25) is 5.91 Å². The van der Waals surface area contributed by atoms with Gasteiger partial charge in [0.25, 0.3) is 5.91 Å². The highest BCUT2D eigenvalue weighted by Gasteiger charge is 2.30. The second kappa shape index (κ2) is 11.8. The first-order valence-electron chi connectivity index (χ1n) is 11.1. The number of ether oxygens (including phenoxy) is 1. The van der Waals surface area contributed by atoms with Gasteiger partial charge in [0, 0.05) is 17.6 Å². The van der Waals surface area contributed by atoms with Gasteiger partial charge in [-0.25, -0.2) is 0 Å². The fourth-order valence-electron chi connectivity index (χ4n) is 4.00.